The maximum atomic E-state index is 16.8. The second-order valence-corrected chi connectivity index (χ2v) is 20.0. The van der Waals surface area contributed by atoms with Crippen molar-refractivity contribution in [1.82, 2.24) is 19.5 Å². The van der Waals surface area contributed by atoms with Crippen LogP contribution < -0.4 is 15.7 Å². The van der Waals surface area contributed by atoms with E-state index in [0.29, 0.717) is 0 Å². The second-order valence-electron chi connectivity index (χ2n) is 15.3. The van der Waals surface area contributed by atoms with Crippen LogP contribution in [-0.4, -0.2) is 76.3 Å². The molecule has 1 amide bonds. The zero-order valence-corrected chi connectivity index (χ0v) is 32.0. The van der Waals surface area contributed by atoms with Crippen molar-refractivity contribution < 1.29 is 37.4 Å². The fourth-order valence-electron chi connectivity index (χ4n) is 6.11. The minimum Gasteiger partial charge on any atom is -0.444 e. The van der Waals surface area contributed by atoms with E-state index in [4.69, 9.17) is 35.0 Å². The Kier molecular flexibility index (Phi) is 10.8. The molecule has 0 aliphatic carbocycles. The predicted molar refractivity (Wildman–Crippen MR) is 194 cm³/mol. The van der Waals surface area contributed by atoms with Crippen LogP contribution in [0, 0.1) is 0 Å². The number of carbonyl (C=O) groups is 2. The van der Waals surface area contributed by atoms with Gasteiger partial charge in [0.2, 0.25) is 5.28 Å². The number of nitrogens with zero attached hydrogens (tertiary/aromatic N) is 4. The Morgan fingerprint density at radius 1 is 0.902 bits per heavy atom. The average molecular weight is 742 g/mol. The summed E-state index contributed by atoms with van der Waals surface area (Å²) >= 11 is 6.27. The lowest BCUT2D eigenvalue weighted by atomic mass is 10.1. The molecule has 1 N–H and O–H groups in total. The van der Waals surface area contributed by atoms with Gasteiger partial charge in [-0.3, -0.25) is 9.88 Å². The van der Waals surface area contributed by atoms with E-state index in [9.17, 15) is 9.59 Å². The highest BCUT2D eigenvalue weighted by Gasteiger charge is 2.54. The maximum absolute atomic E-state index is 16.8. The van der Waals surface area contributed by atoms with Crippen molar-refractivity contribution in [2.45, 2.75) is 103 Å². The van der Waals surface area contributed by atoms with Gasteiger partial charge in [-0.1, -0.05) is 81.4 Å². The number of rotatable bonds is 8. The number of anilines is 1. The molecule has 274 valence electrons. The van der Waals surface area contributed by atoms with Crippen LogP contribution in [0.1, 0.15) is 68.5 Å². The van der Waals surface area contributed by atoms with Crippen molar-refractivity contribution in [1.29, 1.82) is 0 Å². The number of hydrogen-bond acceptors (Lipinski definition) is 10. The molecule has 15 heteroatoms. The summed E-state index contributed by atoms with van der Waals surface area (Å²) in [5, 5.41) is 3.93. The number of nitrogens with one attached hydrogen (secondary N) is 1. The van der Waals surface area contributed by atoms with E-state index in [1.54, 1.807) is 41.5 Å². The summed E-state index contributed by atoms with van der Waals surface area (Å²) in [6.45, 7) is 16.4. The van der Waals surface area contributed by atoms with Crippen LogP contribution in [-0.2, 0) is 23.4 Å². The first-order valence-electron chi connectivity index (χ1n) is 16.6. The molecule has 0 bridgehead atoms. The molecule has 12 nitrogen and oxygen atoms in total. The van der Waals surface area contributed by atoms with Crippen LogP contribution in [0.5, 0.6) is 0 Å². The molecule has 5 rings (SSSR count). The number of ether oxygens (including phenoxy) is 4. The van der Waals surface area contributed by atoms with Gasteiger partial charge in [-0.15, -0.1) is 0 Å². The van der Waals surface area contributed by atoms with Crippen molar-refractivity contribution in [3.63, 3.8) is 0 Å². The summed E-state index contributed by atoms with van der Waals surface area (Å²) in [5.41, 5.74) is -1.50. The lowest BCUT2D eigenvalue weighted by molar-refractivity contribution is -0.0662. The van der Waals surface area contributed by atoms with E-state index in [2.05, 4.69) is 41.0 Å². The Balaban J connectivity index is 1.53. The molecule has 4 aromatic rings. The summed E-state index contributed by atoms with van der Waals surface area (Å²) in [6, 6.07) is 19.9. The van der Waals surface area contributed by atoms with E-state index >= 15 is 4.39 Å². The molecule has 3 heterocycles. The number of carbonyl (C=O) groups excluding carboxylic acids is 2. The summed E-state index contributed by atoms with van der Waals surface area (Å²) in [6.07, 6.45) is -6.41. The van der Waals surface area contributed by atoms with Crippen molar-refractivity contribution in [2.24, 2.45) is 0 Å². The van der Waals surface area contributed by atoms with E-state index < -0.39 is 61.4 Å². The Morgan fingerprint density at radius 2 is 1.47 bits per heavy atom. The summed E-state index contributed by atoms with van der Waals surface area (Å²) in [7, 11) is -3.11. The SMILES string of the molecule is CC(C)(C)OC(=O)Nc1nc(Cl)nc2c1ncn2[C@@H]1O[C@H](CO[Si](c2ccccc2)(c2ccccc2)C(C)(C)C)[C@@H](OC(=O)OC(C)(C)C)[C@@H]1F. The lowest BCUT2D eigenvalue weighted by Gasteiger charge is -2.43. The van der Waals surface area contributed by atoms with E-state index in [1.165, 1.54) is 10.9 Å². The third-order valence-electron chi connectivity index (χ3n) is 8.06. The van der Waals surface area contributed by atoms with Crippen LogP contribution in [0.15, 0.2) is 67.0 Å². The molecule has 51 heavy (non-hydrogen) atoms. The molecular formula is C36H45ClFN5O7Si. The van der Waals surface area contributed by atoms with Crippen molar-refractivity contribution in [2.75, 3.05) is 11.9 Å². The Morgan fingerprint density at radius 3 is 2.00 bits per heavy atom. The minimum absolute atomic E-state index is 0.0421. The molecule has 1 aliphatic heterocycles. The van der Waals surface area contributed by atoms with Gasteiger partial charge in [0, 0.05) is 0 Å². The highest BCUT2D eigenvalue weighted by Crippen LogP contribution is 2.40. The lowest BCUT2D eigenvalue weighted by Crippen LogP contribution is -2.67. The molecule has 0 radical (unpaired) electrons. The topological polar surface area (TPSA) is 136 Å². The van der Waals surface area contributed by atoms with Gasteiger partial charge in [0.15, 0.2) is 35.5 Å². The Bertz CT molecular complexity index is 1800. The Labute approximate surface area is 303 Å². The van der Waals surface area contributed by atoms with Crippen molar-refractivity contribution in [3.05, 3.63) is 72.3 Å². The number of imidazole rings is 1. The molecule has 2 aromatic carbocycles. The number of aromatic nitrogens is 4. The molecule has 1 aliphatic rings. The van der Waals surface area contributed by atoms with Crippen LogP contribution >= 0.6 is 11.6 Å². The van der Waals surface area contributed by atoms with Gasteiger partial charge in [-0.25, -0.2) is 19.0 Å². The zero-order valence-electron chi connectivity index (χ0n) is 30.3. The molecule has 4 atom stereocenters. The molecule has 0 saturated carbocycles. The van der Waals surface area contributed by atoms with Crippen LogP contribution in [0.2, 0.25) is 10.3 Å². The van der Waals surface area contributed by atoms with Crippen LogP contribution in [0.3, 0.4) is 0 Å². The van der Waals surface area contributed by atoms with Gasteiger partial charge in [0.1, 0.15) is 17.3 Å². The fourth-order valence-corrected chi connectivity index (χ4v) is 10.8. The van der Waals surface area contributed by atoms with Crippen molar-refractivity contribution >= 4 is 59.5 Å². The van der Waals surface area contributed by atoms with Gasteiger partial charge >= 0.3 is 12.2 Å². The highest BCUT2D eigenvalue weighted by atomic mass is 35.5. The monoisotopic (exact) mass is 741 g/mol. The summed E-state index contributed by atoms with van der Waals surface area (Å²) < 4.78 is 48.0. The van der Waals surface area contributed by atoms with Gasteiger partial charge in [0.25, 0.3) is 8.32 Å². The first-order valence-corrected chi connectivity index (χ1v) is 18.9. The summed E-state index contributed by atoms with van der Waals surface area (Å²) in [4.78, 5) is 38.3. The van der Waals surface area contributed by atoms with Gasteiger partial charge in [0.05, 0.1) is 12.9 Å². The number of benzene rings is 2. The normalized spacial score (nSPS) is 19.9. The number of alkyl halides is 1. The molecule has 0 spiro atoms. The standard InChI is InChI=1S/C36H45ClFN5O7Si/c1-34(2,3)49-32(44)41-28-26-29(42-31(37)40-28)43(21-39-26)30-25(38)27(48-33(45)50-35(4,5)6)24(47-30)20-46-51(36(7,8)9,22-16-12-10-13-17-22)23-18-14-11-15-19-23/h10-19,21,24-25,27,30H,20H2,1-9H3,(H,40,41,42,44)/t24-,25+,27-,30-/m1/s1. The van der Waals surface area contributed by atoms with E-state index in [1.807, 2.05) is 60.7 Å². The molecule has 0 unspecified atom stereocenters. The number of halogens is 2. The maximum Gasteiger partial charge on any atom is 0.509 e. The fraction of sp³-hybridized carbons (Fsp3) is 0.472. The van der Waals surface area contributed by atoms with Crippen LogP contribution in [0.25, 0.3) is 11.2 Å². The average Bonchev–Trinajstić information content (AvgIpc) is 3.56. The molecule has 1 saturated heterocycles. The molecule has 2 aromatic heterocycles. The first kappa shape index (κ1) is 38.1. The zero-order chi connectivity index (χ0) is 37.4. The number of amides is 1. The van der Waals surface area contributed by atoms with E-state index in [0.717, 1.165) is 10.4 Å². The minimum atomic E-state index is -3.11. The Hall–Kier alpha value is -4.11. The smallest absolute Gasteiger partial charge is 0.444 e. The van der Waals surface area contributed by atoms with Crippen molar-refractivity contribution in [3.8, 4) is 0 Å². The number of hydrogen-bond donors (Lipinski definition) is 1. The van der Waals surface area contributed by atoms with Gasteiger partial charge in [-0.05, 0) is 68.6 Å². The first-order chi connectivity index (χ1) is 23.8. The largest absolute Gasteiger partial charge is 0.509 e. The van der Waals surface area contributed by atoms with E-state index in [-0.39, 0.29) is 28.9 Å². The summed E-state index contributed by atoms with van der Waals surface area (Å²) in [5.74, 6) is -0.0421. The van der Waals surface area contributed by atoms with Gasteiger partial charge < -0.3 is 23.4 Å². The van der Waals surface area contributed by atoms with Crippen LogP contribution in [0.4, 0.5) is 19.8 Å². The molecular weight excluding hydrogens is 697 g/mol. The molecule has 1 fully saturated rings. The quantitative estimate of drug-likeness (QED) is 0.115. The second kappa shape index (κ2) is 14.5. The third kappa shape index (κ3) is 8.51. The van der Waals surface area contributed by atoms with Gasteiger partial charge in [-0.2, -0.15) is 9.97 Å². The number of fused-ring (bicyclic) bond motifs is 1. The highest BCUT2D eigenvalue weighted by molar-refractivity contribution is 6.99. The third-order valence-corrected chi connectivity index (χ3v) is 13.2. The predicted octanol–water partition coefficient (Wildman–Crippen LogP) is 6.96.